The van der Waals surface area contributed by atoms with Crippen molar-refractivity contribution < 1.29 is 0 Å². The SMILES string of the molecule is CCC(C1=CC=C(C)CC1)c1ccc(C)cc1. The van der Waals surface area contributed by atoms with Gasteiger partial charge in [0.2, 0.25) is 0 Å². The molecule has 1 aromatic carbocycles. The van der Waals surface area contributed by atoms with Gasteiger partial charge in [0, 0.05) is 5.92 Å². The molecule has 0 saturated carbocycles. The number of allylic oxidation sites excluding steroid dienone is 4. The van der Waals surface area contributed by atoms with Crippen LogP contribution in [0.4, 0.5) is 0 Å². The van der Waals surface area contributed by atoms with E-state index < -0.39 is 0 Å². The number of rotatable bonds is 3. The normalized spacial score (nSPS) is 17.4. The highest BCUT2D eigenvalue weighted by atomic mass is 14.2. The van der Waals surface area contributed by atoms with Crippen LogP contribution in [-0.4, -0.2) is 0 Å². The second-order valence-corrected chi connectivity index (χ2v) is 5.13. The van der Waals surface area contributed by atoms with Gasteiger partial charge in [-0.2, -0.15) is 0 Å². The van der Waals surface area contributed by atoms with Crippen molar-refractivity contribution in [2.45, 2.75) is 46.0 Å². The topological polar surface area (TPSA) is 0 Å². The molecule has 0 nitrogen and oxygen atoms in total. The van der Waals surface area contributed by atoms with Crippen molar-refractivity contribution in [3.63, 3.8) is 0 Å². The van der Waals surface area contributed by atoms with Gasteiger partial charge in [-0.1, -0.05) is 60.1 Å². The van der Waals surface area contributed by atoms with Gasteiger partial charge in [0.25, 0.3) is 0 Å². The summed E-state index contributed by atoms with van der Waals surface area (Å²) >= 11 is 0. The molecule has 0 heterocycles. The van der Waals surface area contributed by atoms with Crippen molar-refractivity contribution in [2.24, 2.45) is 0 Å². The van der Waals surface area contributed by atoms with Crippen LogP contribution >= 0.6 is 0 Å². The van der Waals surface area contributed by atoms with E-state index >= 15 is 0 Å². The summed E-state index contributed by atoms with van der Waals surface area (Å²) in [6, 6.07) is 9.02. The smallest absolute Gasteiger partial charge is 0.00487 e. The fraction of sp³-hybridized carbons (Fsp3) is 0.412. The zero-order chi connectivity index (χ0) is 12.3. The molecular formula is C17H22. The van der Waals surface area contributed by atoms with Gasteiger partial charge in [0.1, 0.15) is 0 Å². The summed E-state index contributed by atoms with van der Waals surface area (Å²) in [5.74, 6) is 0.611. The Balaban J connectivity index is 2.25. The number of benzene rings is 1. The monoisotopic (exact) mass is 226 g/mol. The Hall–Kier alpha value is -1.30. The molecular weight excluding hydrogens is 204 g/mol. The van der Waals surface area contributed by atoms with Gasteiger partial charge < -0.3 is 0 Å². The lowest BCUT2D eigenvalue weighted by Gasteiger charge is -2.22. The lowest BCUT2D eigenvalue weighted by Crippen LogP contribution is -2.04. The predicted octanol–water partition coefficient (Wildman–Crippen LogP) is 5.16. The molecule has 1 aliphatic rings. The first-order valence-electron chi connectivity index (χ1n) is 6.63. The Morgan fingerprint density at radius 1 is 1.00 bits per heavy atom. The van der Waals surface area contributed by atoms with E-state index in [0.717, 1.165) is 0 Å². The van der Waals surface area contributed by atoms with E-state index in [2.05, 4.69) is 57.2 Å². The van der Waals surface area contributed by atoms with E-state index in [4.69, 9.17) is 0 Å². The molecule has 0 N–H and O–H groups in total. The zero-order valence-corrected chi connectivity index (χ0v) is 11.2. The predicted molar refractivity (Wildman–Crippen MR) is 75.3 cm³/mol. The Morgan fingerprint density at radius 3 is 2.24 bits per heavy atom. The standard InChI is InChI=1S/C17H22/c1-4-17(15-9-5-13(2)6-10-15)16-11-7-14(3)8-12-16/h5-7,9-11,17H,4,8,12H2,1-3H3. The van der Waals surface area contributed by atoms with E-state index in [1.165, 1.54) is 36.0 Å². The van der Waals surface area contributed by atoms with E-state index in [9.17, 15) is 0 Å². The molecule has 1 aliphatic carbocycles. The van der Waals surface area contributed by atoms with Crippen molar-refractivity contribution >= 4 is 0 Å². The first-order valence-corrected chi connectivity index (χ1v) is 6.63. The number of aryl methyl sites for hydroxylation is 1. The molecule has 0 bridgehead atoms. The van der Waals surface area contributed by atoms with E-state index in [1.807, 2.05) is 0 Å². The molecule has 17 heavy (non-hydrogen) atoms. The number of hydrogen-bond donors (Lipinski definition) is 0. The molecule has 0 aromatic heterocycles. The summed E-state index contributed by atoms with van der Waals surface area (Å²) in [7, 11) is 0. The van der Waals surface area contributed by atoms with Crippen LogP contribution in [0.3, 0.4) is 0 Å². The third-order valence-electron chi connectivity index (χ3n) is 3.73. The molecule has 0 amide bonds. The quantitative estimate of drug-likeness (QED) is 0.668. The average molecular weight is 226 g/mol. The Bertz CT molecular complexity index is 432. The number of hydrogen-bond acceptors (Lipinski definition) is 0. The van der Waals surface area contributed by atoms with E-state index in [0.29, 0.717) is 5.92 Å². The van der Waals surface area contributed by atoms with Crippen molar-refractivity contribution in [1.82, 2.24) is 0 Å². The summed E-state index contributed by atoms with van der Waals surface area (Å²) in [5, 5.41) is 0. The summed E-state index contributed by atoms with van der Waals surface area (Å²) in [6.45, 7) is 6.66. The fourth-order valence-electron chi connectivity index (χ4n) is 2.56. The minimum atomic E-state index is 0.611. The van der Waals surface area contributed by atoms with Crippen molar-refractivity contribution in [2.75, 3.05) is 0 Å². The second-order valence-electron chi connectivity index (χ2n) is 5.13. The highest BCUT2D eigenvalue weighted by molar-refractivity contribution is 5.35. The first kappa shape index (κ1) is 12.2. The largest absolute Gasteiger partial charge is 0.0730 e. The van der Waals surface area contributed by atoms with Crippen LogP contribution in [0.25, 0.3) is 0 Å². The third-order valence-corrected chi connectivity index (χ3v) is 3.73. The first-order chi connectivity index (χ1) is 8.20. The summed E-state index contributed by atoms with van der Waals surface area (Å²) < 4.78 is 0. The van der Waals surface area contributed by atoms with Crippen LogP contribution in [0.15, 0.2) is 47.6 Å². The van der Waals surface area contributed by atoms with Gasteiger partial charge in [0.05, 0.1) is 0 Å². The van der Waals surface area contributed by atoms with Crippen LogP contribution in [0.1, 0.15) is 50.2 Å². The molecule has 1 aromatic rings. The highest BCUT2D eigenvalue weighted by Gasteiger charge is 2.15. The average Bonchev–Trinajstić information content (AvgIpc) is 2.35. The Kier molecular flexibility index (Phi) is 3.83. The molecule has 1 atom stereocenters. The van der Waals surface area contributed by atoms with Crippen molar-refractivity contribution in [1.29, 1.82) is 0 Å². The van der Waals surface area contributed by atoms with Crippen LogP contribution in [0, 0.1) is 6.92 Å². The zero-order valence-electron chi connectivity index (χ0n) is 11.2. The van der Waals surface area contributed by atoms with Crippen LogP contribution < -0.4 is 0 Å². The summed E-state index contributed by atoms with van der Waals surface area (Å²) in [6.07, 6.45) is 8.28. The third kappa shape index (κ3) is 2.88. The van der Waals surface area contributed by atoms with Crippen molar-refractivity contribution in [3.05, 3.63) is 58.7 Å². The van der Waals surface area contributed by atoms with Gasteiger partial charge >= 0.3 is 0 Å². The van der Waals surface area contributed by atoms with Gasteiger partial charge in [-0.25, -0.2) is 0 Å². The maximum Gasteiger partial charge on any atom is 0.00487 e. The van der Waals surface area contributed by atoms with Crippen molar-refractivity contribution in [3.8, 4) is 0 Å². The maximum atomic E-state index is 2.34. The Labute approximate surface area is 105 Å². The van der Waals surface area contributed by atoms with Crippen LogP contribution in [0.5, 0.6) is 0 Å². The summed E-state index contributed by atoms with van der Waals surface area (Å²) in [5.41, 5.74) is 5.92. The Morgan fingerprint density at radius 2 is 1.71 bits per heavy atom. The molecule has 0 radical (unpaired) electrons. The molecule has 0 fully saturated rings. The van der Waals surface area contributed by atoms with Gasteiger partial charge in [-0.15, -0.1) is 0 Å². The minimum Gasteiger partial charge on any atom is -0.0730 e. The lowest BCUT2D eigenvalue weighted by atomic mass is 9.83. The highest BCUT2D eigenvalue weighted by Crippen LogP contribution is 2.33. The lowest BCUT2D eigenvalue weighted by molar-refractivity contribution is 0.703. The molecule has 1 unspecified atom stereocenters. The maximum absolute atomic E-state index is 2.34. The second kappa shape index (κ2) is 5.35. The fourth-order valence-corrected chi connectivity index (χ4v) is 2.56. The molecule has 0 aliphatic heterocycles. The van der Waals surface area contributed by atoms with Gasteiger partial charge in [-0.3, -0.25) is 0 Å². The molecule has 0 heteroatoms. The van der Waals surface area contributed by atoms with E-state index in [-0.39, 0.29) is 0 Å². The molecule has 0 saturated heterocycles. The van der Waals surface area contributed by atoms with Crippen LogP contribution in [-0.2, 0) is 0 Å². The van der Waals surface area contributed by atoms with Gasteiger partial charge in [-0.05, 0) is 38.7 Å². The van der Waals surface area contributed by atoms with Gasteiger partial charge in [0.15, 0.2) is 0 Å². The molecule has 0 spiro atoms. The minimum absolute atomic E-state index is 0.611. The summed E-state index contributed by atoms with van der Waals surface area (Å²) in [4.78, 5) is 0. The molecule has 90 valence electrons. The van der Waals surface area contributed by atoms with E-state index in [1.54, 1.807) is 5.57 Å². The molecule has 2 rings (SSSR count). The van der Waals surface area contributed by atoms with Crippen LogP contribution in [0.2, 0.25) is 0 Å².